The Hall–Kier alpha value is -1.27. The lowest BCUT2D eigenvalue weighted by Gasteiger charge is -2.12. The van der Waals surface area contributed by atoms with Crippen molar-refractivity contribution in [3.8, 4) is 5.75 Å². The van der Waals surface area contributed by atoms with Crippen molar-refractivity contribution in [3.63, 3.8) is 0 Å². The van der Waals surface area contributed by atoms with Crippen LogP contribution in [0, 0.1) is 0 Å². The maximum absolute atomic E-state index is 11.6. The highest BCUT2D eigenvalue weighted by Crippen LogP contribution is 2.18. The van der Waals surface area contributed by atoms with E-state index in [1.165, 1.54) is 14.0 Å². The fourth-order valence-electron chi connectivity index (χ4n) is 1.05. The Morgan fingerprint density at radius 3 is 2.75 bits per heavy atom. The fourth-order valence-corrected chi connectivity index (χ4v) is 1.90. The largest absolute Gasteiger partial charge is 0.497 e. The van der Waals surface area contributed by atoms with E-state index in [-0.39, 0.29) is 0 Å². The standard InChI is InChI=1S/C10H15NO4S/c1-8(7-12)16(13,14)11-9-4-3-5-10(6-9)15-2/h3-6,8,11-12H,7H2,1-2H3. The summed E-state index contributed by atoms with van der Waals surface area (Å²) in [5.74, 6) is 0.567. The molecule has 0 amide bonds. The molecule has 6 heteroatoms. The molecule has 1 aromatic carbocycles. The molecule has 0 saturated heterocycles. The number of hydrogen-bond acceptors (Lipinski definition) is 4. The summed E-state index contributed by atoms with van der Waals surface area (Å²) < 4.78 is 30.6. The molecule has 0 aliphatic carbocycles. The first-order chi connectivity index (χ1) is 7.49. The molecule has 90 valence electrons. The highest BCUT2D eigenvalue weighted by Gasteiger charge is 2.19. The number of aliphatic hydroxyl groups excluding tert-OH is 1. The molecule has 0 heterocycles. The number of rotatable bonds is 5. The second-order valence-electron chi connectivity index (χ2n) is 3.37. The van der Waals surface area contributed by atoms with E-state index in [4.69, 9.17) is 9.84 Å². The van der Waals surface area contributed by atoms with Crippen LogP contribution in [-0.4, -0.2) is 32.5 Å². The molecule has 1 rings (SSSR count). The molecule has 0 spiro atoms. The molecular formula is C10H15NO4S. The van der Waals surface area contributed by atoms with E-state index in [1.807, 2.05) is 0 Å². The van der Waals surface area contributed by atoms with Crippen LogP contribution in [0.15, 0.2) is 24.3 Å². The van der Waals surface area contributed by atoms with Gasteiger partial charge in [-0.15, -0.1) is 0 Å². The first kappa shape index (κ1) is 12.8. The molecule has 1 unspecified atom stereocenters. The van der Waals surface area contributed by atoms with Crippen molar-refractivity contribution in [2.75, 3.05) is 18.4 Å². The summed E-state index contributed by atoms with van der Waals surface area (Å²) in [6.07, 6.45) is 0. The molecule has 5 nitrogen and oxygen atoms in total. The molecule has 0 aliphatic rings. The van der Waals surface area contributed by atoms with Gasteiger partial charge in [0.25, 0.3) is 0 Å². The van der Waals surface area contributed by atoms with Crippen molar-refractivity contribution in [3.05, 3.63) is 24.3 Å². The number of benzene rings is 1. The third-order valence-corrected chi connectivity index (χ3v) is 3.85. The highest BCUT2D eigenvalue weighted by molar-refractivity contribution is 7.93. The highest BCUT2D eigenvalue weighted by atomic mass is 32.2. The Bertz CT molecular complexity index is 444. The molecule has 2 N–H and O–H groups in total. The third-order valence-electron chi connectivity index (χ3n) is 2.12. The summed E-state index contributed by atoms with van der Waals surface area (Å²) in [4.78, 5) is 0. The van der Waals surface area contributed by atoms with E-state index in [0.717, 1.165) is 0 Å². The summed E-state index contributed by atoms with van der Waals surface area (Å²) >= 11 is 0. The molecule has 0 radical (unpaired) electrons. The van der Waals surface area contributed by atoms with Crippen LogP contribution in [0.3, 0.4) is 0 Å². The van der Waals surface area contributed by atoms with Gasteiger partial charge in [0.15, 0.2) is 0 Å². The summed E-state index contributed by atoms with van der Waals surface area (Å²) in [6.45, 7) is 1.02. The number of methoxy groups -OCH3 is 1. The second kappa shape index (κ2) is 5.18. The molecule has 0 aliphatic heterocycles. The van der Waals surface area contributed by atoms with Gasteiger partial charge in [0.2, 0.25) is 10.0 Å². The van der Waals surface area contributed by atoms with Crippen LogP contribution in [0.1, 0.15) is 6.92 Å². The lowest BCUT2D eigenvalue weighted by Crippen LogP contribution is -2.28. The van der Waals surface area contributed by atoms with Gasteiger partial charge >= 0.3 is 0 Å². The van der Waals surface area contributed by atoms with Gasteiger partial charge in [-0.1, -0.05) is 6.07 Å². The van der Waals surface area contributed by atoms with Crippen molar-refractivity contribution in [2.45, 2.75) is 12.2 Å². The average Bonchev–Trinajstić information content (AvgIpc) is 2.27. The minimum absolute atomic E-state index is 0.416. The molecule has 16 heavy (non-hydrogen) atoms. The predicted octanol–water partition coefficient (Wildman–Crippen LogP) is 0.818. The first-order valence-corrected chi connectivity index (χ1v) is 6.31. The average molecular weight is 245 g/mol. The van der Waals surface area contributed by atoms with Crippen LogP contribution in [0.25, 0.3) is 0 Å². The van der Waals surface area contributed by atoms with Crippen molar-refractivity contribution in [1.82, 2.24) is 0 Å². The smallest absolute Gasteiger partial charge is 0.237 e. The van der Waals surface area contributed by atoms with E-state index >= 15 is 0 Å². The van der Waals surface area contributed by atoms with E-state index < -0.39 is 21.9 Å². The maximum Gasteiger partial charge on any atom is 0.237 e. The summed E-state index contributed by atoms with van der Waals surface area (Å²) in [5, 5.41) is 7.96. The number of anilines is 1. The van der Waals surface area contributed by atoms with E-state index in [2.05, 4.69) is 4.72 Å². The van der Waals surface area contributed by atoms with Crippen molar-refractivity contribution in [1.29, 1.82) is 0 Å². The van der Waals surface area contributed by atoms with Crippen LogP contribution < -0.4 is 9.46 Å². The predicted molar refractivity (Wildman–Crippen MR) is 62.1 cm³/mol. The van der Waals surface area contributed by atoms with Gasteiger partial charge in [-0.3, -0.25) is 4.72 Å². The zero-order valence-electron chi connectivity index (χ0n) is 9.17. The molecule has 1 aromatic rings. The Morgan fingerprint density at radius 1 is 1.50 bits per heavy atom. The van der Waals surface area contributed by atoms with Crippen molar-refractivity contribution < 1.29 is 18.3 Å². The van der Waals surface area contributed by atoms with Crippen LogP contribution in [0.4, 0.5) is 5.69 Å². The lowest BCUT2D eigenvalue weighted by atomic mass is 10.3. The van der Waals surface area contributed by atoms with Crippen LogP contribution in [0.2, 0.25) is 0 Å². The molecule has 1 atom stereocenters. The Kier molecular flexibility index (Phi) is 4.14. The van der Waals surface area contributed by atoms with Crippen LogP contribution >= 0.6 is 0 Å². The van der Waals surface area contributed by atoms with Gasteiger partial charge in [0.1, 0.15) is 11.0 Å². The van der Waals surface area contributed by atoms with Gasteiger partial charge < -0.3 is 9.84 Å². The van der Waals surface area contributed by atoms with Gasteiger partial charge in [0, 0.05) is 6.07 Å². The number of hydrogen-bond donors (Lipinski definition) is 2. The summed E-state index contributed by atoms with van der Waals surface area (Å²) in [7, 11) is -2.04. The van der Waals surface area contributed by atoms with E-state index in [9.17, 15) is 8.42 Å². The normalized spacial score (nSPS) is 13.2. The van der Waals surface area contributed by atoms with Gasteiger partial charge in [-0.2, -0.15) is 0 Å². The fraction of sp³-hybridized carbons (Fsp3) is 0.400. The maximum atomic E-state index is 11.6. The number of aliphatic hydroxyl groups is 1. The van der Waals surface area contributed by atoms with Gasteiger partial charge in [0.05, 0.1) is 19.4 Å². The molecular weight excluding hydrogens is 230 g/mol. The van der Waals surface area contributed by atoms with Crippen molar-refractivity contribution in [2.24, 2.45) is 0 Å². The Labute approximate surface area is 95.1 Å². The van der Waals surface area contributed by atoms with Gasteiger partial charge in [-0.05, 0) is 19.1 Å². The van der Waals surface area contributed by atoms with E-state index in [0.29, 0.717) is 11.4 Å². The zero-order chi connectivity index (χ0) is 12.2. The zero-order valence-corrected chi connectivity index (χ0v) is 9.99. The molecule has 0 aromatic heterocycles. The van der Waals surface area contributed by atoms with E-state index in [1.54, 1.807) is 24.3 Å². The minimum Gasteiger partial charge on any atom is -0.497 e. The van der Waals surface area contributed by atoms with Gasteiger partial charge in [-0.25, -0.2) is 8.42 Å². The molecule has 0 saturated carbocycles. The number of nitrogens with one attached hydrogen (secondary N) is 1. The topological polar surface area (TPSA) is 75.6 Å². The third kappa shape index (κ3) is 3.11. The second-order valence-corrected chi connectivity index (χ2v) is 5.47. The minimum atomic E-state index is -3.54. The Morgan fingerprint density at radius 2 is 2.19 bits per heavy atom. The van der Waals surface area contributed by atoms with Crippen molar-refractivity contribution >= 4 is 15.7 Å². The number of ether oxygens (including phenoxy) is 1. The summed E-state index contributed by atoms with van der Waals surface area (Å²) in [6, 6.07) is 6.58. The van der Waals surface area contributed by atoms with Crippen LogP contribution in [0.5, 0.6) is 5.75 Å². The SMILES string of the molecule is COc1cccc(NS(=O)(=O)C(C)CO)c1. The molecule has 0 fully saturated rings. The number of sulfonamides is 1. The summed E-state index contributed by atoms with van der Waals surface area (Å²) in [5.41, 5.74) is 0.416. The lowest BCUT2D eigenvalue weighted by molar-refractivity contribution is 0.296. The van der Waals surface area contributed by atoms with Crippen LogP contribution in [-0.2, 0) is 10.0 Å². The molecule has 0 bridgehead atoms. The monoisotopic (exact) mass is 245 g/mol. The first-order valence-electron chi connectivity index (χ1n) is 4.76. The quantitative estimate of drug-likeness (QED) is 0.805. The Balaban J connectivity index is 2.88.